The molecule has 0 aliphatic carbocycles. The molecule has 1 heterocycles. The van der Waals surface area contributed by atoms with Gasteiger partial charge in [0.2, 0.25) is 5.90 Å². The highest BCUT2D eigenvalue weighted by Gasteiger charge is 2.24. The standard InChI is InChI=1S/C23H15FN2O5/c24-18-8-6-17(7-9-18)22-25-21(23(27)31-22)13-15-4-10-20(11-5-15)30-14-16-2-1-3-19(12-16)26(28)29/h1-13H,14H2/b21-13+. The van der Waals surface area contributed by atoms with E-state index in [0.29, 0.717) is 22.4 Å². The van der Waals surface area contributed by atoms with Crippen LogP contribution in [-0.2, 0) is 16.1 Å². The quantitative estimate of drug-likeness (QED) is 0.251. The molecule has 0 N–H and O–H groups in total. The lowest BCUT2D eigenvalue weighted by Crippen LogP contribution is -2.05. The van der Waals surface area contributed by atoms with Gasteiger partial charge in [0, 0.05) is 17.7 Å². The maximum absolute atomic E-state index is 13.1. The van der Waals surface area contributed by atoms with Gasteiger partial charge in [0.05, 0.1) is 4.92 Å². The Morgan fingerprint density at radius 1 is 1.06 bits per heavy atom. The summed E-state index contributed by atoms with van der Waals surface area (Å²) in [5.74, 6) is -0.297. The van der Waals surface area contributed by atoms with Crippen LogP contribution >= 0.6 is 0 Å². The van der Waals surface area contributed by atoms with E-state index in [1.807, 2.05) is 0 Å². The first kappa shape index (κ1) is 20.0. The number of rotatable bonds is 6. The fourth-order valence-electron chi connectivity index (χ4n) is 2.87. The first-order valence-electron chi connectivity index (χ1n) is 9.23. The maximum Gasteiger partial charge on any atom is 0.363 e. The minimum Gasteiger partial charge on any atom is -0.489 e. The molecule has 0 atom stereocenters. The number of esters is 1. The average molecular weight is 418 g/mol. The molecule has 3 aromatic carbocycles. The van der Waals surface area contributed by atoms with E-state index in [-0.39, 0.29) is 23.9 Å². The van der Waals surface area contributed by atoms with Gasteiger partial charge >= 0.3 is 5.97 Å². The third kappa shape index (κ3) is 4.81. The minimum atomic E-state index is -0.592. The van der Waals surface area contributed by atoms with E-state index in [2.05, 4.69) is 4.99 Å². The number of hydrogen-bond donors (Lipinski definition) is 0. The van der Waals surface area contributed by atoms with Crippen molar-refractivity contribution in [3.8, 4) is 5.75 Å². The Labute approximate surface area is 176 Å². The van der Waals surface area contributed by atoms with Crippen molar-refractivity contribution in [2.45, 2.75) is 6.61 Å². The summed E-state index contributed by atoms with van der Waals surface area (Å²) < 4.78 is 23.9. The van der Waals surface area contributed by atoms with Crippen molar-refractivity contribution < 1.29 is 23.6 Å². The molecule has 154 valence electrons. The zero-order valence-electron chi connectivity index (χ0n) is 16.0. The molecule has 0 bridgehead atoms. The number of halogens is 1. The summed E-state index contributed by atoms with van der Waals surface area (Å²) in [5, 5.41) is 10.8. The van der Waals surface area contributed by atoms with Crippen LogP contribution in [-0.4, -0.2) is 16.8 Å². The predicted molar refractivity (Wildman–Crippen MR) is 111 cm³/mol. The van der Waals surface area contributed by atoms with E-state index in [1.165, 1.54) is 36.4 Å². The number of benzene rings is 3. The minimum absolute atomic E-state index is 0.00656. The van der Waals surface area contributed by atoms with Crippen LogP contribution in [0.25, 0.3) is 6.08 Å². The summed E-state index contributed by atoms with van der Waals surface area (Å²) in [6, 6.07) is 18.6. The molecule has 0 saturated heterocycles. The molecular weight excluding hydrogens is 403 g/mol. The first-order valence-corrected chi connectivity index (χ1v) is 9.23. The lowest BCUT2D eigenvalue weighted by atomic mass is 10.2. The van der Waals surface area contributed by atoms with Crippen LogP contribution in [0.5, 0.6) is 5.75 Å². The van der Waals surface area contributed by atoms with Gasteiger partial charge in [0.1, 0.15) is 18.2 Å². The maximum atomic E-state index is 13.1. The number of carbonyl (C=O) groups is 1. The third-order valence-electron chi connectivity index (χ3n) is 4.42. The molecule has 8 heteroatoms. The molecule has 0 saturated carbocycles. The van der Waals surface area contributed by atoms with Gasteiger partial charge in [0.25, 0.3) is 5.69 Å². The number of non-ortho nitro benzene ring substituents is 1. The third-order valence-corrected chi connectivity index (χ3v) is 4.42. The molecule has 0 aromatic heterocycles. The summed E-state index contributed by atoms with van der Waals surface area (Å²) in [7, 11) is 0. The van der Waals surface area contributed by atoms with E-state index in [4.69, 9.17) is 9.47 Å². The summed E-state index contributed by atoms with van der Waals surface area (Å²) in [6.07, 6.45) is 1.57. The lowest BCUT2D eigenvalue weighted by molar-refractivity contribution is -0.384. The number of cyclic esters (lactones) is 1. The van der Waals surface area contributed by atoms with Crippen molar-refractivity contribution >= 4 is 23.6 Å². The van der Waals surface area contributed by atoms with Crippen molar-refractivity contribution in [2.75, 3.05) is 0 Å². The molecule has 3 aromatic rings. The summed E-state index contributed by atoms with van der Waals surface area (Å²) in [4.78, 5) is 26.7. The van der Waals surface area contributed by atoms with Crippen LogP contribution in [0, 0.1) is 15.9 Å². The number of nitrogens with zero attached hydrogens (tertiary/aromatic N) is 2. The zero-order valence-corrected chi connectivity index (χ0v) is 16.0. The number of aliphatic imine (C=N–C) groups is 1. The molecule has 1 aliphatic heterocycles. The smallest absolute Gasteiger partial charge is 0.363 e. The highest BCUT2D eigenvalue weighted by Crippen LogP contribution is 2.22. The summed E-state index contributed by atoms with van der Waals surface area (Å²) in [5.41, 5.74) is 2.02. The molecule has 0 amide bonds. The molecule has 0 spiro atoms. The average Bonchev–Trinajstić information content (AvgIpc) is 3.14. The highest BCUT2D eigenvalue weighted by molar-refractivity contribution is 6.12. The Balaban J connectivity index is 1.44. The van der Waals surface area contributed by atoms with Gasteiger partial charge in [-0.2, -0.15) is 0 Å². The fourth-order valence-corrected chi connectivity index (χ4v) is 2.87. The molecule has 7 nitrogen and oxygen atoms in total. The monoisotopic (exact) mass is 418 g/mol. The van der Waals surface area contributed by atoms with Gasteiger partial charge < -0.3 is 9.47 Å². The van der Waals surface area contributed by atoms with Crippen molar-refractivity contribution in [1.82, 2.24) is 0 Å². The Morgan fingerprint density at radius 3 is 2.52 bits per heavy atom. The Kier molecular flexibility index (Phi) is 5.53. The second-order valence-electron chi connectivity index (χ2n) is 6.63. The van der Waals surface area contributed by atoms with E-state index in [9.17, 15) is 19.3 Å². The zero-order chi connectivity index (χ0) is 21.8. The topological polar surface area (TPSA) is 91.0 Å². The van der Waals surface area contributed by atoms with Gasteiger partial charge in [-0.05, 0) is 53.6 Å². The van der Waals surface area contributed by atoms with Gasteiger partial charge in [-0.15, -0.1) is 0 Å². The van der Waals surface area contributed by atoms with Crippen molar-refractivity contribution in [3.63, 3.8) is 0 Å². The van der Waals surface area contributed by atoms with E-state index < -0.39 is 16.7 Å². The van der Waals surface area contributed by atoms with E-state index >= 15 is 0 Å². The molecule has 1 aliphatic rings. The van der Waals surface area contributed by atoms with Crippen molar-refractivity contribution in [1.29, 1.82) is 0 Å². The second-order valence-corrected chi connectivity index (χ2v) is 6.63. The summed E-state index contributed by atoms with van der Waals surface area (Å²) in [6.45, 7) is 0.180. The fraction of sp³-hybridized carbons (Fsp3) is 0.0435. The number of hydrogen-bond acceptors (Lipinski definition) is 6. The Morgan fingerprint density at radius 2 is 1.81 bits per heavy atom. The van der Waals surface area contributed by atoms with Crippen LogP contribution in [0.3, 0.4) is 0 Å². The van der Waals surface area contributed by atoms with Gasteiger partial charge in [-0.3, -0.25) is 10.1 Å². The largest absolute Gasteiger partial charge is 0.489 e. The Hall–Kier alpha value is -4.33. The van der Waals surface area contributed by atoms with Crippen LogP contribution in [0.15, 0.2) is 83.5 Å². The Bertz CT molecular complexity index is 1200. The highest BCUT2D eigenvalue weighted by atomic mass is 19.1. The van der Waals surface area contributed by atoms with E-state index in [1.54, 1.807) is 42.5 Å². The predicted octanol–water partition coefficient (Wildman–Crippen LogP) is 4.66. The van der Waals surface area contributed by atoms with Crippen LogP contribution < -0.4 is 4.74 Å². The molecular formula is C23H15FN2O5. The van der Waals surface area contributed by atoms with Gasteiger partial charge in [0.15, 0.2) is 5.70 Å². The van der Waals surface area contributed by atoms with Crippen molar-refractivity contribution in [3.05, 3.63) is 111 Å². The number of ether oxygens (including phenoxy) is 2. The van der Waals surface area contributed by atoms with Gasteiger partial charge in [-0.25, -0.2) is 14.2 Å². The second kappa shape index (κ2) is 8.58. The lowest BCUT2D eigenvalue weighted by Gasteiger charge is -2.06. The number of nitro benzene ring substituents is 1. The number of nitro groups is 1. The molecule has 31 heavy (non-hydrogen) atoms. The molecule has 0 fully saturated rings. The van der Waals surface area contributed by atoms with Crippen LogP contribution in [0.4, 0.5) is 10.1 Å². The van der Waals surface area contributed by atoms with Gasteiger partial charge in [-0.1, -0.05) is 24.3 Å². The molecule has 0 unspecified atom stereocenters. The SMILES string of the molecule is O=C1OC(c2ccc(F)cc2)=N/C1=C/c1ccc(OCc2cccc([N+](=O)[O-])c2)cc1. The van der Waals surface area contributed by atoms with Crippen LogP contribution in [0.1, 0.15) is 16.7 Å². The summed E-state index contributed by atoms with van der Waals surface area (Å²) >= 11 is 0. The first-order chi connectivity index (χ1) is 15.0. The molecule has 4 rings (SSSR count). The van der Waals surface area contributed by atoms with Crippen LogP contribution in [0.2, 0.25) is 0 Å². The normalized spacial score (nSPS) is 14.3. The van der Waals surface area contributed by atoms with E-state index in [0.717, 1.165) is 0 Å². The molecule has 0 radical (unpaired) electrons. The van der Waals surface area contributed by atoms with Crippen molar-refractivity contribution in [2.24, 2.45) is 4.99 Å². The number of carbonyl (C=O) groups excluding carboxylic acids is 1.